The average molecular weight is 223 g/mol. The topological polar surface area (TPSA) is 49.9 Å². The Labute approximate surface area is 96.8 Å². The molecule has 2 N–H and O–H groups in total. The van der Waals surface area contributed by atoms with Gasteiger partial charge in [-0.2, -0.15) is 0 Å². The highest BCUT2D eigenvalue weighted by molar-refractivity contribution is 5.12. The second-order valence-corrected chi connectivity index (χ2v) is 5.42. The van der Waals surface area contributed by atoms with Crippen LogP contribution in [0.1, 0.15) is 32.3 Å². The molecule has 1 aliphatic rings. The normalized spacial score (nSPS) is 22.3. The summed E-state index contributed by atoms with van der Waals surface area (Å²) in [5.41, 5.74) is 1.33. The Morgan fingerprint density at radius 3 is 2.88 bits per heavy atom. The molecule has 2 heterocycles. The number of aromatic nitrogens is 2. The quantitative estimate of drug-likeness (QED) is 0.793. The minimum atomic E-state index is 0.141. The summed E-state index contributed by atoms with van der Waals surface area (Å²) in [5.74, 6) is 1.05. The molecule has 90 valence electrons. The van der Waals surface area contributed by atoms with Crippen LogP contribution >= 0.6 is 0 Å². The third-order valence-electron chi connectivity index (χ3n) is 2.87. The number of morpholine rings is 1. The van der Waals surface area contributed by atoms with Crippen LogP contribution in [0.4, 0.5) is 0 Å². The van der Waals surface area contributed by atoms with Gasteiger partial charge in [0.1, 0.15) is 5.82 Å². The third kappa shape index (κ3) is 2.83. The number of rotatable bonds is 2. The second-order valence-electron chi connectivity index (χ2n) is 5.42. The predicted molar refractivity (Wildman–Crippen MR) is 63.6 cm³/mol. The van der Waals surface area contributed by atoms with Crippen LogP contribution in [0, 0.1) is 0 Å². The largest absolute Gasteiger partial charge is 0.379 e. The highest BCUT2D eigenvalue weighted by Crippen LogP contribution is 2.20. The Bertz CT molecular complexity index is 334. The van der Waals surface area contributed by atoms with E-state index in [-0.39, 0.29) is 5.41 Å². The number of nitrogens with zero attached hydrogens (tertiary/aromatic N) is 1. The standard InChI is InChI=1S/C12H21N3O/c1-12(2,3)10-7-14-11(15-10)6-9-8-16-5-4-13-9/h7,9,13H,4-6,8H2,1-3H3,(H,14,15). The fourth-order valence-corrected chi connectivity index (χ4v) is 1.83. The number of nitrogens with one attached hydrogen (secondary N) is 2. The zero-order valence-corrected chi connectivity index (χ0v) is 10.3. The molecule has 0 radical (unpaired) electrons. The van der Waals surface area contributed by atoms with Gasteiger partial charge in [-0.3, -0.25) is 0 Å². The monoisotopic (exact) mass is 223 g/mol. The summed E-state index contributed by atoms with van der Waals surface area (Å²) in [6, 6.07) is 0.396. The SMILES string of the molecule is CC(C)(C)c1cnc(CC2COCCN2)[nH]1. The van der Waals surface area contributed by atoms with Crippen molar-refractivity contribution < 1.29 is 4.74 Å². The molecule has 0 aromatic carbocycles. The van der Waals surface area contributed by atoms with Gasteiger partial charge in [0, 0.05) is 36.3 Å². The Morgan fingerprint density at radius 2 is 2.31 bits per heavy atom. The van der Waals surface area contributed by atoms with Crippen LogP contribution in [0.5, 0.6) is 0 Å². The number of ether oxygens (including phenoxy) is 1. The lowest BCUT2D eigenvalue weighted by molar-refractivity contribution is 0.0764. The lowest BCUT2D eigenvalue weighted by atomic mass is 9.93. The van der Waals surface area contributed by atoms with E-state index < -0.39 is 0 Å². The van der Waals surface area contributed by atoms with Gasteiger partial charge in [-0.15, -0.1) is 0 Å². The molecule has 4 nitrogen and oxygen atoms in total. The van der Waals surface area contributed by atoms with Crippen LogP contribution in [-0.4, -0.2) is 35.8 Å². The fourth-order valence-electron chi connectivity index (χ4n) is 1.83. The van der Waals surface area contributed by atoms with E-state index in [2.05, 4.69) is 36.1 Å². The Balaban J connectivity index is 1.97. The summed E-state index contributed by atoms with van der Waals surface area (Å²) in [5, 5.41) is 3.43. The molecule has 1 aromatic heterocycles. The van der Waals surface area contributed by atoms with Crippen LogP contribution in [-0.2, 0) is 16.6 Å². The van der Waals surface area contributed by atoms with E-state index in [0.29, 0.717) is 6.04 Å². The van der Waals surface area contributed by atoms with Crippen molar-refractivity contribution >= 4 is 0 Å². The second kappa shape index (κ2) is 4.55. The molecule has 0 saturated carbocycles. The minimum absolute atomic E-state index is 0.141. The molecule has 0 spiro atoms. The highest BCUT2D eigenvalue weighted by atomic mass is 16.5. The summed E-state index contributed by atoms with van der Waals surface area (Å²) in [4.78, 5) is 7.82. The molecule has 1 aliphatic heterocycles. The van der Waals surface area contributed by atoms with Crippen molar-refractivity contribution in [3.05, 3.63) is 17.7 Å². The maximum atomic E-state index is 5.42. The van der Waals surface area contributed by atoms with E-state index in [1.165, 1.54) is 5.69 Å². The van der Waals surface area contributed by atoms with Gasteiger partial charge < -0.3 is 15.0 Å². The number of imidazole rings is 1. The van der Waals surface area contributed by atoms with Crippen molar-refractivity contribution in [1.29, 1.82) is 0 Å². The molecular weight excluding hydrogens is 202 g/mol. The molecule has 0 bridgehead atoms. The summed E-state index contributed by atoms with van der Waals surface area (Å²) >= 11 is 0. The van der Waals surface area contributed by atoms with E-state index in [9.17, 15) is 0 Å². The van der Waals surface area contributed by atoms with Gasteiger partial charge in [0.2, 0.25) is 0 Å². The minimum Gasteiger partial charge on any atom is -0.379 e. The number of aromatic amines is 1. The van der Waals surface area contributed by atoms with Crippen LogP contribution in [0.3, 0.4) is 0 Å². The number of hydrogen-bond acceptors (Lipinski definition) is 3. The van der Waals surface area contributed by atoms with Crippen molar-refractivity contribution in [3.63, 3.8) is 0 Å². The zero-order valence-electron chi connectivity index (χ0n) is 10.3. The van der Waals surface area contributed by atoms with E-state index in [0.717, 1.165) is 32.0 Å². The lowest BCUT2D eigenvalue weighted by Crippen LogP contribution is -2.42. The van der Waals surface area contributed by atoms with E-state index >= 15 is 0 Å². The molecular formula is C12H21N3O. The molecule has 0 amide bonds. The molecule has 1 atom stereocenters. The Morgan fingerprint density at radius 1 is 1.50 bits per heavy atom. The molecule has 1 fully saturated rings. The van der Waals surface area contributed by atoms with Gasteiger partial charge in [-0.1, -0.05) is 20.8 Å². The maximum absolute atomic E-state index is 5.42. The maximum Gasteiger partial charge on any atom is 0.107 e. The van der Waals surface area contributed by atoms with Crippen molar-refractivity contribution in [3.8, 4) is 0 Å². The molecule has 1 aromatic rings. The number of H-pyrrole nitrogens is 1. The van der Waals surface area contributed by atoms with Crippen LogP contribution in [0.25, 0.3) is 0 Å². The summed E-state index contributed by atoms with van der Waals surface area (Å²) < 4.78 is 5.42. The van der Waals surface area contributed by atoms with Crippen molar-refractivity contribution in [2.75, 3.05) is 19.8 Å². The van der Waals surface area contributed by atoms with Gasteiger partial charge in [-0.25, -0.2) is 4.98 Å². The Hall–Kier alpha value is -0.870. The van der Waals surface area contributed by atoms with Gasteiger partial charge in [0.15, 0.2) is 0 Å². The first kappa shape index (κ1) is 11.6. The first-order valence-electron chi connectivity index (χ1n) is 5.91. The predicted octanol–water partition coefficient (Wildman–Crippen LogP) is 1.24. The van der Waals surface area contributed by atoms with Crippen molar-refractivity contribution in [2.45, 2.75) is 38.6 Å². The van der Waals surface area contributed by atoms with Gasteiger partial charge >= 0.3 is 0 Å². The van der Waals surface area contributed by atoms with E-state index in [1.807, 2.05) is 6.20 Å². The molecule has 1 saturated heterocycles. The summed E-state index contributed by atoms with van der Waals surface area (Å²) in [6.45, 7) is 9.11. The van der Waals surface area contributed by atoms with Crippen molar-refractivity contribution in [2.24, 2.45) is 0 Å². The highest BCUT2D eigenvalue weighted by Gasteiger charge is 2.19. The van der Waals surface area contributed by atoms with Crippen LogP contribution in [0.2, 0.25) is 0 Å². The first-order chi connectivity index (χ1) is 7.55. The molecule has 16 heavy (non-hydrogen) atoms. The molecule has 1 unspecified atom stereocenters. The summed E-state index contributed by atoms with van der Waals surface area (Å²) in [7, 11) is 0. The van der Waals surface area contributed by atoms with Crippen molar-refractivity contribution in [1.82, 2.24) is 15.3 Å². The number of hydrogen-bond donors (Lipinski definition) is 2. The van der Waals surface area contributed by atoms with Gasteiger partial charge in [-0.05, 0) is 0 Å². The van der Waals surface area contributed by atoms with E-state index in [1.54, 1.807) is 0 Å². The Kier molecular flexibility index (Phi) is 3.30. The molecule has 4 heteroatoms. The third-order valence-corrected chi connectivity index (χ3v) is 2.87. The van der Waals surface area contributed by atoms with E-state index in [4.69, 9.17) is 4.74 Å². The van der Waals surface area contributed by atoms with Gasteiger partial charge in [0.25, 0.3) is 0 Å². The van der Waals surface area contributed by atoms with Crippen LogP contribution in [0.15, 0.2) is 6.20 Å². The molecule has 0 aliphatic carbocycles. The first-order valence-corrected chi connectivity index (χ1v) is 5.91. The van der Waals surface area contributed by atoms with Gasteiger partial charge in [0.05, 0.1) is 13.2 Å². The van der Waals surface area contributed by atoms with Crippen LogP contribution < -0.4 is 5.32 Å². The smallest absolute Gasteiger partial charge is 0.107 e. The fraction of sp³-hybridized carbons (Fsp3) is 0.750. The molecule has 2 rings (SSSR count). The lowest BCUT2D eigenvalue weighted by Gasteiger charge is -2.23. The zero-order chi connectivity index (χ0) is 11.6. The average Bonchev–Trinajstić information content (AvgIpc) is 2.67. The summed E-state index contributed by atoms with van der Waals surface area (Å²) in [6.07, 6.45) is 2.86.